The van der Waals surface area contributed by atoms with Crippen molar-refractivity contribution in [1.29, 1.82) is 0 Å². The van der Waals surface area contributed by atoms with Gasteiger partial charge in [0.1, 0.15) is 35.2 Å². The fourth-order valence-electron chi connectivity index (χ4n) is 4.92. The molecule has 0 aliphatic heterocycles. The minimum absolute atomic E-state index is 0.0922. The molecule has 7 heteroatoms. The number of nitrogen functional groups attached to an aromatic ring is 1. The van der Waals surface area contributed by atoms with Gasteiger partial charge in [0.05, 0.1) is 5.39 Å². The number of nitrogens with zero attached hydrogens (tertiary/aromatic N) is 3. The van der Waals surface area contributed by atoms with Crippen molar-refractivity contribution in [3.63, 3.8) is 0 Å². The number of aromatic nitrogens is 3. The summed E-state index contributed by atoms with van der Waals surface area (Å²) in [5.74, 6) is -1.20. The number of Topliss-reactive ketones (excluding diaryl/α,β-unsaturated/α-hetero) is 1. The van der Waals surface area contributed by atoms with Crippen molar-refractivity contribution < 1.29 is 13.6 Å². The van der Waals surface area contributed by atoms with E-state index in [2.05, 4.69) is 9.97 Å². The minimum Gasteiger partial charge on any atom is -0.383 e. The molecule has 0 spiro atoms. The maximum absolute atomic E-state index is 13.7. The summed E-state index contributed by atoms with van der Waals surface area (Å²) in [5, 5.41) is 0.802. The Kier molecular flexibility index (Phi) is 4.77. The molecule has 2 aromatic carbocycles. The number of hydrogen-bond acceptors (Lipinski definition) is 4. The van der Waals surface area contributed by atoms with E-state index in [1.807, 2.05) is 42.9 Å². The van der Waals surface area contributed by atoms with Crippen molar-refractivity contribution in [3.8, 4) is 11.1 Å². The van der Waals surface area contributed by atoms with Crippen molar-refractivity contribution >= 4 is 22.6 Å². The Labute approximate surface area is 183 Å². The summed E-state index contributed by atoms with van der Waals surface area (Å²) in [6, 6.07) is 9.47. The van der Waals surface area contributed by atoms with Crippen LogP contribution in [0.25, 0.3) is 22.2 Å². The first-order valence-electron chi connectivity index (χ1n) is 10.5. The molecule has 162 valence electrons. The highest BCUT2D eigenvalue weighted by Gasteiger charge is 2.35. The van der Waals surface area contributed by atoms with Crippen LogP contribution >= 0.6 is 0 Å². The summed E-state index contributed by atoms with van der Waals surface area (Å²) >= 11 is 0. The molecule has 1 fully saturated rings. The zero-order chi connectivity index (χ0) is 22.6. The number of fused-ring (bicyclic) bond motifs is 1. The molecule has 4 aromatic rings. The average Bonchev–Trinajstić information content (AvgIpc) is 3.28. The second-order valence-corrected chi connectivity index (χ2v) is 8.54. The molecule has 0 amide bonds. The van der Waals surface area contributed by atoms with Crippen molar-refractivity contribution in [1.82, 2.24) is 14.5 Å². The van der Waals surface area contributed by atoms with Gasteiger partial charge < -0.3 is 10.3 Å². The van der Waals surface area contributed by atoms with Crippen LogP contribution in [-0.4, -0.2) is 20.3 Å². The van der Waals surface area contributed by atoms with E-state index in [0.29, 0.717) is 17.8 Å². The molecule has 2 heterocycles. The number of ketones is 1. The van der Waals surface area contributed by atoms with Gasteiger partial charge >= 0.3 is 0 Å². The SMILES string of the molecule is Cc1cc(C2CC(c3cc(F)cc(F)c3)CC2=O)ccc1-c1cn(C)c2ncnc(N)c12. The normalized spacial score (nSPS) is 18.6. The van der Waals surface area contributed by atoms with E-state index in [4.69, 9.17) is 5.73 Å². The molecule has 5 rings (SSSR count). The zero-order valence-electron chi connectivity index (χ0n) is 17.8. The number of carbonyl (C=O) groups excluding carboxylic acids is 1. The molecule has 1 aliphatic rings. The fourth-order valence-corrected chi connectivity index (χ4v) is 4.92. The van der Waals surface area contributed by atoms with Gasteiger partial charge in [-0.2, -0.15) is 0 Å². The van der Waals surface area contributed by atoms with Gasteiger partial charge in [0.25, 0.3) is 0 Å². The van der Waals surface area contributed by atoms with Crippen LogP contribution in [0.1, 0.15) is 41.4 Å². The van der Waals surface area contributed by atoms with Crippen molar-refractivity contribution in [2.75, 3.05) is 5.73 Å². The van der Waals surface area contributed by atoms with Gasteiger partial charge in [-0.15, -0.1) is 0 Å². The number of aryl methyl sites for hydroxylation is 2. The van der Waals surface area contributed by atoms with E-state index in [1.165, 1.54) is 18.5 Å². The van der Waals surface area contributed by atoms with E-state index in [9.17, 15) is 13.6 Å². The summed E-state index contributed by atoms with van der Waals surface area (Å²) in [4.78, 5) is 21.3. The Morgan fingerprint density at radius 2 is 1.78 bits per heavy atom. The highest BCUT2D eigenvalue weighted by atomic mass is 19.1. The molecule has 32 heavy (non-hydrogen) atoms. The Morgan fingerprint density at radius 1 is 1.03 bits per heavy atom. The summed E-state index contributed by atoms with van der Waals surface area (Å²) in [5.41, 5.74) is 11.3. The van der Waals surface area contributed by atoms with Crippen LogP contribution in [-0.2, 0) is 11.8 Å². The lowest BCUT2D eigenvalue weighted by Gasteiger charge is -2.14. The van der Waals surface area contributed by atoms with Crippen LogP contribution in [0.2, 0.25) is 0 Å². The van der Waals surface area contributed by atoms with Crippen LogP contribution in [0.3, 0.4) is 0 Å². The topological polar surface area (TPSA) is 73.8 Å². The number of anilines is 1. The predicted molar refractivity (Wildman–Crippen MR) is 119 cm³/mol. The van der Waals surface area contributed by atoms with E-state index >= 15 is 0 Å². The maximum Gasteiger partial charge on any atom is 0.145 e. The number of benzene rings is 2. The summed E-state index contributed by atoms with van der Waals surface area (Å²) < 4.78 is 29.2. The summed E-state index contributed by atoms with van der Waals surface area (Å²) in [6.45, 7) is 2.00. The number of rotatable bonds is 3. The smallest absolute Gasteiger partial charge is 0.145 e. The standard InChI is InChI=1S/C25H22F2N4O/c1-13-5-14(20-8-16(9-22(20)32)15-6-17(26)10-18(27)7-15)3-4-19(13)21-11-31(2)25-23(21)24(28)29-12-30-25/h3-7,10-12,16,20H,8-9H2,1-2H3,(H2,28,29,30). The van der Waals surface area contributed by atoms with Gasteiger partial charge in [0, 0.05) is 37.2 Å². The van der Waals surface area contributed by atoms with Crippen molar-refractivity contribution in [2.45, 2.75) is 31.6 Å². The quantitative estimate of drug-likeness (QED) is 0.493. The minimum atomic E-state index is -0.616. The van der Waals surface area contributed by atoms with Gasteiger partial charge in [-0.3, -0.25) is 4.79 Å². The first-order valence-corrected chi connectivity index (χ1v) is 10.5. The van der Waals surface area contributed by atoms with Crippen LogP contribution in [0, 0.1) is 18.6 Å². The van der Waals surface area contributed by atoms with Crippen LogP contribution in [0.4, 0.5) is 14.6 Å². The van der Waals surface area contributed by atoms with E-state index in [1.54, 1.807) is 0 Å². The van der Waals surface area contributed by atoms with Crippen LogP contribution < -0.4 is 5.73 Å². The number of hydrogen-bond donors (Lipinski definition) is 1. The van der Waals surface area contributed by atoms with Gasteiger partial charge in [-0.1, -0.05) is 18.2 Å². The first-order chi connectivity index (χ1) is 15.3. The highest BCUT2D eigenvalue weighted by molar-refractivity contribution is 6.01. The summed E-state index contributed by atoms with van der Waals surface area (Å²) in [7, 11) is 1.91. The van der Waals surface area contributed by atoms with Crippen molar-refractivity contribution in [2.24, 2.45) is 7.05 Å². The third kappa shape index (κ3) is 3.34. The first kappa shape index (κ1) is 20.3. The Morgan fingerprint density at radius 3 is 2.50 bits per heavy atom. The molecule has 2 aromatic heterocycles. The van der Waals surface area contributed by atoms with Gasteiger partial charge in [0.15, 0.2) is 0 Å². The second kappa shape index (κ2) is 7.51. The van der Waals surface area contributed by atoms with Gasteiger partial charge in [0.2, 0.25) is 0 Å². The largest absolute Gasteiger partial charge is 0.383 e. The van der Waals surface area contributed by atoms with E-state index in [0.717, 1.165) is 39.4 Å². The molecular weight excluding hydrogens is 410 g/mol. The molecule has 2 unspecified atom stereocenters. The Hall–Kier alpha value is -3.61. The number of nitrogens with two attached hydrogens (primary N) is 1. The lowest BCUT2D eigenvalue weighted by Crippen LogP contribution is -2.04. The Balaban J connectivity index is 1.48. The average molecular weight is 432 g/mol. The van der Waals surface area contributed by atoms with Gasteiger partial charge in [-0.25, -0.2) is 18.7 Å². The van der Waals surface area contributed by atoms with E-state index in [-0.39, 0.29) is 24.0 Å². The van der Waals surface area contributed by atoms with Crippen LogP contribution in [0.5, 0.6) is 0 Å². The van der Waals surface area contributed by atoms with Gasteiger partial charge in [-0.05, 0) is 53.6 Å². The fraction of sp³-hybridized carbons (Fsp3) is 0.240. The molecule has 5 nitrogen and oxygen atoms in total. The lowest BCUT2D eigenvalue weighted by molar-refractivity contribution is -0.118. The third-order valence-electron chi connectivity index (χ3n) is 6.44. The number of carbonyl (C=O) groups is 1. The Bertz CT molecular complexity index is 1360. The van der Waals surface area contributed by atoms with E-state index < -0.39 is 11.6 Å². The van der Waals surface area contributed by atoms with Crippen LogP contribution in [0.15, 0.2) is 48.9 Å². The predicted octanol–water partition coefficient (Wildman–Crippen LogP) is 5.03. The summed E-state index contributed by atoms with van der Waals surface area (Å²) in [6.07, 6.45) is 4.25. The third-order valence-corrected chi connectivity index (χ3v) is 6.44. The highest BCUT2D eigenvalue weighted by Crippen LogP contribution is 2.43. The monoisotopic (exact) mass is 432 g/mol. The molecular formula is C25H22F2N4O. The maximum atomic E-state index is 13.7. The molecule has 2 N–H and O–H groups in total. The lowest BCUT2D eigenvalue weighted by atomic mass is 9.90. The number of halogens is 2. The molecule has 0 radical (unpaired) electrons. The molecule has 1 aliphatic carbocycles. The molecule has 1 saturated carbocycles. The second-order valence-electron chi connectivity index (χ2n) is 8.54. The van der Waals surface area contributed by atoms with Crippen molar-refractivity contribution in [3.05, 3.63) is 77.2 Å². The molecule has 0 saturated heterocycles. The molecule has 2 atom stereocenters. The molecule has 0 bridgehead atoms. The zero-order valence-corrected chi connectivity index (χ0v) is 17.8.